The van der Waals surface area contributed by atoms with Crippen molar-refractivity contribution in [2.24, 2.45) is 0 Å². The van der Waals surface area contributed by atoms with E-state index in [1.165, 1.54) is 7.11 Å². The third kappa shape index (κ3) is 3.55. The number of fused-ring (bicyclic) bond motifs is 1. The highest BCUT2D eigenvalue weighted by atomic mass is 19.4. The largest absolute Gasteiger partial charge is 0.573 e. The summed E-state index contributed by atoms with van der Waals surface area (Å²) in [7, 11) is 1.52. The fraction of sp³-hybridized carbons (Fsp3) is 0.143. The molecule has 1 heterocycles. The summed E-state index contributed by atoms with van der Waals surface area (Å²) in [6.45, 7) is 0.0799. The van der Waals surface area contributed by atoms with Gasteiger partial charge in [-0.05, 0) is 35.4 Å². The summed E-state index contributed by atoms with van der Waals surface area (Å²) in [6.07, 6.45) is -4.84. The zero-order chi connectivity index (χ0) is 19.7. The van der Waals surface area contributed by atoms with E-state index < -0.39 is 6.36 Å². The van der Waals surface area contributed by atoms with Crippen molar-refractivity contribution in [3.05, 3.63) is 60.7 Å². The summed E-state index contributed by atoms with van der Waals surface area (Å²) in [5, 5.41) is 0. The minimum Gasteiger partial charge on any atom is -0.497 e. The molecule has 0 unspecified atom stereocenters. The van der Waals surface area contributed by atoms with E-state index in [-0.39, 0.29) is 12.5 Å². The molecule has 28 heavy (non-hydrogen) atoms. The van der Waals surface area contributed by atoms with Gasteiger partial charge in [0.15, 0.2) is 11.5 Å². The second-order valence-corrected chi connectivity index (χ2v) is 6.03. The molecule has 1 aliphatic rings. The summed E-state index contributed by atoms with van der Waals surface area (Å²) >= 11 is 0. The van der Waals surface area contributed by atoms with E-state index in [1.54, 1.807) is 60.7 Å². The SMILES string of the molecule is COc1ccc(-c2cccc(-c3ccc4c(c3)OCO4)c2OC(F)(F)F)cc1. The molecule has 0 atom stereocenters. The summed E-state index contributed by atoms with van der Waals surface area (Å²) in [5.74, 6) is 1.35. The number of hydrogen-bond acceptors (Lipinski definition) is 4. The van der Waals surface area contributed by atoms with Gasteiger partial charge >= 0.3 is 6.36 Å². The van der Waals surface area contributed by atoms with Gasteiger partial charge < -0.3 is 18.9 Å². The second kappa shape index (κ2) is 6.99. The summed E-state index contributed by atoms with van der Waals surface area (Å²) in [5.41, 5.74) is 1.71. The Kier molecular flexibility index (Phi) is 4.50. The standard InChI is InChI=1S/C21H15F3O4/c1-25-15-8-5-13(6-9-15)16-3-2-4-17(20(16)28-21(22,23)24)14-7-10-18-19(11-14)27-12-26-18/h2-11H,12H2,1H3. The first kappa shape index (κ1) is 18.0. The maximum absolute atomic E-state index is 13.2. The molecule has 144 valence electrons. The third-order valence-electron chi connectivity index (χ3n) is 4.32. The highest BCUT2D eigenvalue weighted by Gasteiger charge is 2.34. The van der Waals surface area contributed by atoms with Gasteiger partial charge in [-0.15, -0.1) is 13.2 Å². The highest BCUT2D eigenvalue weighted by Crippen LogP contribution is 2.44. The van der Waals surface area contributed by atoms with Crippen LogP contribution < -0.4 is 18.9 Å². The zero-order valence-electron chi connectivity index (χ0n) is 14.7. The molecule has 0 saturated carbocycles. The van der Waals surface area contributed by atoms with Crippen LogP contribution in [0.3, 0.4) is 0 Å². The number of halogens is 3. The fourth-order valence-corrected chi connectivity index (χ4v) is 3.05. The number of hydrogen-bond donors (Lipinski definition) is 0. The Hall–Kier alpha value is -3.35. The number of rotatable bonds is 4. The van der Waals surface area contributed by atoms with Crippen LogP contribution in [-0.4, -0.2) is 20.3 Å². The number of methoxy groups -OCH3 is 1. The highest BCUT2D eigenvalue weighted by molar-refractivity contribution is 5.83. The monoisotopic (exact) mass is 388 g/mol. The van der Waals surface area contributed by atoms with Gasteiger partial charge in [0.05, 0.1) is 7.11 Å². The Labute approximate surface area is 159 Å². The minimum atomic E-state index is -4.84. The first-order chi connectivity index (χ1) is 13.4. The lowest BCUT2D eigenvalue weighted by Gasteiger charge is -2.18. The smallest absolute Gasteiger partial charge is 0.497 e. The lowest BCUT2D eigenvalue weighted by atomic mass is 9.97. The number of benzene rings is 3. The first-order valence-electron chi connectivity index (χ1n) is 8.38. The molecule has 0 radical (unpaired) electrons. The molecule has 1 aliphatic heterocycles. The van der Waals surface area contributed by atoms with E-state index in [2.05, 4.69) is 4.74 Å². The third-order valence-corrected chi connectivity index (χ3v) is 4.32. The molecule has 7 heteroatoms. The van der Waals surface area contributed by atoms with Crippen molar-refractivity contribution in [3.8, 4) is 45.3 Å². The molecule has 0 aromatic heterocycles. The van der Waals surface area contributed by atoms with Gasteiger partial charge in [-0.3, -0.25) is 0 Å². The van der Waals surface area contributed by atoms with Crippen LogP contribution in [0.25, 0.3) is 22.3 Å². The average Bonchev–Trinajstić information content (AvgIpc) is 3.15. The lowest BCUT2D eigenvalue weighted by molar-refractivity contribution is -0.274. The van der Waals surface area contributed by atoms with Crippen molar-refractivity contribution in [2.75, 3.05) is 13.9 Å². The molecule has 3 aromatic carbocycles. The van der Waals surface area contributed by atoms with Crippen molar-refractivity contribution < 1.29 is 32.1 Å². The zero-order valence-corrected chi connectivity index (χ0v) is 14.7. The molecular formula is C21H15F3O4. The number of alkyl halides is 3. The van der Waals surface area contributed by atoms with Crippen LogP contribution in [0.1, 0.15) is 0 Å². The topological polar surface area (TPSA) is 36.9 Å². The predicted octanol–water partition coefficient (Wildman–Crippen LogP) is 5.66. The van der Waals surface area contributed by atoms with Crippen LogP contribution in [0.2, 0.25) is 0 Å². The molecule has 0 spiro atoms. The van der Waals surface area contributed by atoms with Gasteiger partial charge in [-0.1, -0.05) is 36.4 Å². The molecule has 0 amide bonds. The maximum atomic E-state index is 13.2. The molecule has 4 nitrogen and oxygen atoms in total. The summed E-state index contributed by atoms with van der Waals surface area (Å²) < 4.78 is 59.7. The molecule has 0 saturated heterocycles. The molecule has 4 rings (SSSR count). The van der Waals surface area contributed by atoms with Crippen LogP contribution in [0.5, 0.6) is 23.0 Å². The van der Waals surface area contributed by atoms with Gasteiger partial charge in [0.2, 0.25) is 6.79 Å². The fourth-order valence-electron chi connectivity index (χ4n) is 3.05. The first-order valence-corrected chi connectivity index (χ1v) is 8.38. The van der Waals surface area contributed by atoms with E-state index in [4.69, 9.17) is 14.2 Å². The summed E-state index contributed by atoms with van der Waals surface area (Å²) in [4.78, 5) is 0. The van der Waals surface area contributed by atoms with Gasteiger partial charge in [-0.2, -0.15) is 0 Å². The summed E-state index contributed by atoms with van der Waals surface area (Å²) in [6, 6.07) is 16.5. The van der Waals surface area contributed by atoms with Crippen molar-refractivity contribution in [1.82, 2.24) is 0 Å². The quantitative estimate of drug-likeness (QED) is 0.578. The Balaban J connectivity index is 1.86. The molecular weight excluding hydrogens is 373 g/mol. The van der Waals surface area contributed by atoms with E-state index in [1.807, 2.05) is 0 Å². The number of para-hydroxylation sites is 1. The van der Waals surface area contributed by atoms with Crippen LogP contribution in [-0.2, 0) is 0 Å². The van der Waals surface area contributed by atoms with Crippen LogP contribution >= 0.6 is 0 Å². The van der Waals surface area contributed by atoms with Crippen molar-refractivity contribution in [2.45, 2.75) is 6.36 Å². The Morgan fingerprint density at radius 3 is 2.14 bits per heavy atom. The Bertz CT molecular complexity index is 998. The van der Waals surface area contributed by atoms with E-state index in [0.29, 0.717) is 39.5 Å². The van der Waals surface area contributed by atoms with Crippen molar-refractivity contribution in [3.63, 3.8) is 0 Å². The van der Waals surface area contributed by atoms with Gasteiger partial charge in [0.25, 0.3) is 0 Å². The van der Waals surface area contributed by atoms with E-state index >= 15 is 0 Å². The predicted molar refractivity (Wildman–Crippen MR) is 96.7 cm³/mol. The van der Waals surface area contributed by atoms with Crippen LogP contribution in [0, 0.1) is 0 Å². The Morgan fingerprint density at radius 1 is 0.821 bits per heavy atom. The normalized spacial score (nSPS) is 12.7. The molecule has 0 fully saturated rings. The number of ether oxygens (including phenoxy) is 4. The molecule has 0 aliphatic carbocycles. The van der Waals surface area contributed by atoms with E-state index in [9.17, 15) is 13.2 Å². The van der Waals surface area contributed by atoms with Gasteiger partial charge in [0, 0.05) is 11.1 Å². The Morgan fingerprint density at radius 2 is 1.46 bits per heavy atom. The van der Waals surface area contributed by atoms with Crippen molar-refractivity contribution in [1.29, 1.82) is 0 Å². The van der Waals surface area contributed by atoms with E-state index in [0.717, 1.165) is 0 Å². The minimum absolute atomic E-state index is 0.0799. The van der Waals surface area contributed by atoms with Crippen LogP contribution in [0.4, 0.5) is 13.2 Å². The van der Waals surface area contributed by atoms with Gasteiger partial charge in [0.1, 0.15) is 11.5 Å². The second-order valence-electron chi connectivity index (χ2n) is 6.03. The molecule has 0 bridgehead atoms. The molecule has 3 aromatic rings. The van der Waals surface area contributed by atoms with Gasteiger partial charge in [-0.25, -0.2) is 0 Å². The van der Waals surface area contributed by atoms with Crippen molar-refractivity contribution >= 4 is 0 Å². The van der Waals surface area contributed by atoms with Crippen LogP contribution in [0.15, 0.2) is 60.7 Å². The lowest BCUT2D eigenvalue weighted by Crippen LogP contribution is -2.18. The average molecular weight is 388 g/mol. The maximum Gasteiger partial charge on any atom is 0.573 e. The molecule has 0 N–H and O–H groups in total.